The molecule has 0 aromatic heterocycles. The molecule has 1 heterocycles. The molecular weight excluding hydrogens is 253 g/mol. The molecule has 1 aliphatic rings. The lowest BCUT2D eigenvalue weighted by Crippen LogP contribution is -2.42. The highest BCUT2D eigenvalue weighted by molar-refractivity contribution is 6.31. The number of likely N-dealkylation sites (tertiary alicyclic amines) is 1. The summed E-state index contributed by atoms with van der Waals surface area (Å²) in [5.74, 6) is 0.0333. The number of aliphatic hydroxyl groups excluding tert-OH is 1. The highest BCUT2D eigenvalue weighted by Crippen LogP contribution is 2.25. The average molecular weight is 272 g/mol. The van der Waals surface area contributed by atoms with Gasteiger partial charge in [-0.05, 0) is 30.9 Å². The molecule has 100 valence electrons. The maximum Gasteiger partial charge on any atom is 0.129 e. The van der Waals surface area contributed by atoms with Gasteiger partial charge in [0.2, 0.25) is 0 Å². The second-order valence-electron chi connectivity index (χ2n) is 4.96. The minimum atomic E-state index is -0.248. The van der Waals surface area contributed by atoms with Crippen LogP contribution in [0.3, 0.4) is 0 Å². The van der Waals surface area contributed by atoms with Crippen molar-refractivity contribution >= 4 is 11.6 Å². The predicted molar refractivity (Wildman–Crippen MR) is 71.1 cm³/mol. The number of benzene rings is 1. The van der Waals surface area contributed by atoms with Crippen molar-refractivity contribution in [1.29, 1.82) is 0 Å². The van der Waals surface area contributed by atoms with E-state index in [1.165, 1.54) is 6.07 Å². The first-order valence-corrected chi connectivity index (χ1v) is 6.83. The van der Waals surface area contributed by atoms with E-state index in [2.05, 4.69) is 11.8 Å². The van der Waals surface area contributed by atoms with Gasteiger partial charge in [0.15, 0.2) is 0 Å². The Labute approximate surface area is 112 Å². The fourth-order valence-corrected chi connectivity index (χ4v) is 2.77. The lowest BCUT2D eigenvalue weighted by molar-refractivity contribution is 0.0218. The van der Waals surface area contributed by atoms with Gasteiger partial charge >= 0.3 is 0 Å². The molecule has 1 saturated heterocycles. The number of hydrogen-bond donors (Lipinski definition) is 1. The molecular formula is C14H19ClFNO. The fraction of sp³-hybridized carbons (Fsp3) is 0.571. The van der Waals surface area contributed by atoms with Crippen LogP contribution in [0.5, 0.6) is 0 Å². The Kier molecular flexibility index (Phi) is 4.60. The standard InChI is InChI=1S/C14H19ClFNO/c1-2-10-8-17(7-6-14(10)18)9-11-12(15)4-3-5-13(11)16/h3-5,10,14,18H,2,6-9H2,1H3. The van der Waals surface area contributed by atoms with Gasteiger partial charge in [-0.15, -0.1) is 0 Å². The number of piperidine rings is 1. The van der Waals surface area contributed by atoms with E-state index in [4.69, 9.17) is 11.6 Å². The number of aliphatic hydroxyl groups is 1. The van der Waals surface area contributed by atoms with Gasteiger partial charge in [-0.25, -0.2) is 4.39 Å². The number of hydrogen-bond acceptors (Lipinski definition) is 2. The molecule has 0 saturated carbocycles. The van der Waals surface area contributed by atoms with E-state index in [-0.39, 0.29) is 17.8 Å². The Balaban J connectivity index is 2.06. The fourth-order valence-electron chi connectivity index (χ4n) is 2.55. The summed E-state index contributed by atoms with van der Waals surface area (Å²) in [4.78, 5) is 2.17. The van der Waals surface area contributed by atoms with Gasteiger partial charge in [0.1, 0.15) is 5.82 Å². The van der Waals surface area contributed by atoms with Crippen LogP contribution >= 0.6 is 11.6 Å². The molecule has 0 radical (unpaired) electrons. The summed E-state index contributed by atoms with van der Waals surface area (Å²) < 4.78 is 13.7. The van der Waals surface area contributed by atoms with Crippen LogP contribution in [-0.4, -0.2) is 29.2 Å². The molecule has 18 heavy (non-hydrogen) atoms. The molecule has 0 spiro atoms. The van der Waals surface area contributed by atoms with E-state index in [0.29, 0.717) is 17.1 Å². The topological polar surface area (TPSA) is 23.5 Å². The quantitative estimate of drug-likeness (QED) is 0.913. The van der Waals surface area contributed by atoms with Gasteiger partial charge in [-0.3, -0.25) is 4.90 Å². The number of nitrogens with zero attached hydrogens (tertiary/aromatic N) is 1. The van der Waals surface area contributed by atoms with Gasteiger partial charge in [0, 0.05) is 30.2 Å². The minimum Gasteiger partial charge on any atom is -0.393 e. The van der Waals surface area contributed by atoms with Crippen molar-refractivity contribution in [3.63, 3.8) is 0 Å². The lowest BCUT2D eigenvalue weighted by Gasteiger charge is -2.36. The molecule has 0 bridgehead atoms. The van der Waals surface area contributed by atoms with Gasteiger partial charge in [0.25, 0.3) is 0 Å². The molecule has 0 aliphatic carbocycles. The van der Waals surface area contributed by atoms with Gasteiger partial charge in [-0.1, -0.05) is 24.6 Å². The summed E-state index contributed by atoms with van der Waals surface area (Å²) in [6.07, 6.45) is 1.48. The molecule has 1 fully saturated rings. The lowest BCUT2D eigenvalue weighted by atomic mass is 9.92. The average Bonchev–Trinajstić information content (AvgIpc) is 2.36. The zero-order chi connectivity index (χ0) is 13.1. The monoisotopic (exact) mass is 271 g/mol. The van der Waals surface area contributed by atoms with Crippen molar-refractivity contribution in [2.75, 3.05) is 13.1 Å². The molecule has 2 atom stereocenters. The Morgan fingerprint density at radius 2 is 2.28 bits per heavy atom. The van der Waals surface area contributed by atoms with Gasteiger partial charge in [-0.2, -0.15) is 0 Å². The van der Waals surface area contributed by atoms with Crippen molar-refractivity contribution in [2.45, 2.75) is 32.4 Å². The van der Waals surface area contributed by atoms with E-state index < -0.39 is 0 Å². The highest BCUT2D eigenvalue weighted by atomic mass is 35.5. The first kappa shape index (κ1) is 13.8. The van der Waals surface area contributed by atoms with Crippen LogP contribution in [0, 0.1) is 11.7 Å². The third kappa shape index (κ3) is 3.02. The van der Waals surface area contributed by atoms with Crippen LogP contribution in [0.4, 0.5) is 4.39 Å². The first-order chi connectivity index (χ1) is 8.61. The van der Waals surface area contributed by atoms with Gasteiger partial charge in [0.05, 0.1) is 6.10 Å². The number of rotatable bonds is 3. The molecule has 0 amide bonds. The van der Waals surface area contributed by atoms with Crippen LogP contribution < -0.4 is 0 Å². The Morgan fingerprint density at radius 1 is 1.50 bits per heavy atom. The van der Waals surface area contributed by atoms with Crippen molar-refractivity contribution in [3.8, 4) is 0 Å². The van der Waals surface area contributed by atoms with E-state index >= 15 is 0 Å². The van der Waals surface area contributed by atoms with Crippen molar-refractivity contribution in [3.05, 3.63) is 34.6 Å². The summed E-state index contributed by atoms with van der Waals surface area (Å²) in [6.45, 7) is 4.20. The molecule has 1 N–H and O–H groups in total. The largest absolute Gasteiger partial charge is 0.393 e. The number of halogens is 2. The van der Waals surface area contributed by atoms with Crippen molar-refractivity contribution in [2.24, 2.45) is 5.92 Å². The molecule has 2 unspecified atom stereocenters. The molecule has 2 nitrogen and oxygen atoms in total. The molecule has 1 aromatic rings. The zero-order valence-corrected chi connectivity index (χ0v) is 11.3. The summed E-state index contributed by atoms with van der Waals surface area (Å²) in [7, 11) is 0. The summed E-state index contributed by atoms with van der Waals surface area (Å²) in [5.41, 5.74) is 0.561. The van der Waals surface area contributed by atoms with E-state index in [9.17, 15) is 9.50 Å². The van der Waals surface area contributed by atoms with E-state index in [0.717, 1.165) is 25.9 Å². The summed E-state index contributed by atoms with van der Waals surface area (Å²) in [5, 5.41) is 10.3. The maximum absolute atomic E-state index is 13.7. The third-order valence-corrected chi connectivity index (χ3v) is 4.10. The minimum absolute atomic E-state index is 0.220. The van der Waals surface area contributed by atoms with Crippen LogP contribution in [0.1, 0.15) is 25.3 Å². The second kappa shape index (κ2) is 6.00. The summed E-state index contributed by atoms with van der Waals surface area (Å²) >= 11 is 6.03. The van der Waals surface area contributed by atoms with E-state index in [1.807, 2.05) is 0 Å². The predicted octanol–water partition coefficient (Wildman–Crippen LogP) is 3.07. The van der Waals surface area contributed by atoms with Crippen LogP contribution in [0.25, 0.3) is 0 Å². The summed E-state index contributed by atoms with van der Waals surface area (Å²) in [6, 6.07) is 4.78. The Hall–Kier alpha value is -0.640. The Morgan fingerprint density at radius 3 is 2.94 bits per heavy atom. The van der Waals surface area contributed by atoms with Crippen LogP contribution in [-0.2, 0) is 6.54 Å². The van der Waals surface area contributed by atoms with E-state index in [1.54, 1.807) is 12.1 Å². The molecule has 1 aromatic carbocycles. The molecule has 2 rings (SSSR count). The second-order valence-corrected chi connectivity index (χ2v) is 5.37. The first-order valence-electron chi connectivity index (χ1n) is 6.45. The molecule has 1 aliphatic heterocycles. The smallest absolute Gasteiger partial charge is 0.129 e. The maximum atomic E-state index is 13.7. The third-order valence-electron chi connectivity index (χ3n) is 3.75. The highest BCUT2D eigenvalue weighted by Gasteiger charge is 2.27. The Bertz CT molecular complexity index is 393. The zero-order valence-electron chi connectivity index (χ0n) is 10.6. The SMILES string of the molecule is CCC1CN(Cc2c(F)cccc2Cl)CCC1O. The van der Waals surface area contributed by atoms with Gasteiger partial charge < -0.3 is 5.11 Å². The van der Waals surface area contributed by atoms with Crippen LogP contribution in [0.2, 0.25) is 5.02 Å². The van der Waals surface area contributed by atoms with Crippen molar-refractivity contribution < 1.29 is 9.50 Å². The van der Waals surface area contributed by atoms with Crippen molar-refractivity contribution in [1.82, 2.24) is 4.90 Å². The molecule has 4 heteroatoms. The normalized spacial score (nSPS) is 25.3. The van der Waals surface area contributed by atoms with Crippen LogP contribution in [0.15, 0.2) is 18.2 Å².